The van der Waals surface area contributed by atoms with Crippen molar-refractivity contribution in [2.45, 2.75) is 12.8 Å². The van der Waals surface area contributed by atoms with E-state index in [0.717, 1.165) is 6.07 Å². The lowest BCUT2D eigenvalue weighted by molar-refractivity contribution is -0.145. The lowest BCUT2D eigenvalue weighted by Crippen LogP contribution is -2.45. The highest BCUT2D eigenvalue weighted by Gasteiger charge is 2.28. The number of piperidine rings is 1. The monoisotopic (exact) mass is 356 g/mol. The molecule has 8 heteroatoms. The van der Waals surface area contributed by atoms with Crippen LogP contribution in [0.15, 0.2) is 18.2 Å². The number of carboxylic acid groups (broad SMARTS) is 1. The van der Waals surface area contributed by atoms with Gasteiger partial charge in [-0.2, -0.15) is 0 Å². The van der Waals surface area contributed by atoms with Gasteiger partial charge in [-0.05, 0) is 25.0 Å². The van der Waals surface area contributed by atoms with Gasteiger partial charge in [0.25, 0.3) is 5.91 Å². The van der Waals surface area contributed by atoms with Crippen LogP contribution in [0.25, 0.3) is 0 Å². The second kappa shape index (κ2) is 7.61. The Labute approximate surface area is 143 Å². The van der Waals surface area contributed by atoms with Gasteiger partial charge in [0.2, 0.25) is 5.91 Å². The van der Waals surface area contributed by atoms with Crippen molar-refractivity contribution in [1.82, 2.24) is 9.80 Å². The number of carbonyl (C=O) groups is 3. The summed E-state index contributed by atoms with van der Waals surface area (Å²) in [5.41, 5.74) is -0.00319. The van der Waals surface area contributed by atoms with Gasteiger partial charge in [0, 0.05) is 20.1 Å². The number of nitrogens with zero attached hydrogens (tertiary/aromatic N) is 2. The molecule has 0 aromatic heterocycles. The van der Waals surface area contributed by atoms with Crippen LogP contribution in [0.4, 0.5) is 4.39 Å². The largest absolute Gasteiger partial charge is 0.481 e. The summed E-state index contributed by atoms with van der Waals surface area (Å²) in [4.78, 5) is 38.2. The van der Waals surface area contributed by atoms with Crippen molar-refractivity contribution in [3.05, 3.63) is 34.6 Å². The topological polar surface area (TPSA) is 77.9 Å². The molecule has 1 aromatic carbocycles. The van der Waals surface area contributed by atoms with Crippen LogP contribution in [-0.4, -0.2) is 59.4 Å². The zero-order valence-corrected chi connectivity index (χ0v) is 13.9. The Bertz CT molecular complexity index is 659. The van der Waals surface area contributed by atoms with E-state index in [1.165, 1.54) is 29.0 Å². The minimum atomic E-state index is -0.852. The Hall–Kier alpha value is -2.15. The summed E-state index contributed by atoms with van der Waals surface area (Å²) in [6.45, 7) is 0.514. The highest BCUT2D eigenvalue weighted by molar-refractivity contribution is 6.34. The van der Waals surface area contributed by atoms with E-state index in [1.54, 1.807) is 0 Å². The number of hydrogen-bond donors (Lipinski definition) is 1. The highest BCUT2D eigenvalue weighted by Crippen LogP contribution is 2.21. The van der Waals surface area contributed by atoms with Crippen molar-refractivity contribution < 1.29 is 23.9 Å². The zero-order chi connectivity index (χ0) is 17.9. The number of amides is 2. The number of carbonyl (C=O) groups excluding carboxylic acids is 2. The first-order valence-electron chi connectivity index (χ1n) is 7.51. The molecule has 1 aliphatic rings. The molecule has 0 spiro atoms. The Balaban J connectivity index is 1.95. The van der Waals surface area contributed by atoms with Gasteiger partial charge in [0.1, 0.15) is 5.82 Å². The molecule has 0 atom stereocenters. The summed E-state index contributed by atoms with van der Waals surface area (Å²) < 4.78 is 13.4. The molecule has 0 unspecified atom stereocenters. The molecular weight excluding hydrogens is 339 g/mol. The molecule has 0 radical (unpaired) electrons. The second-order valence-corrected chi connectivity index (χ2v) is 6.13. The van der Waals surface area contributed by atoms with Gasteiger partial charge in [-0.3, -0.25) is 14.4 Å². The number of hydrogen-bond acceptors (Lipinski definition) is 3. The summed E-state index contributed by atoms with van der Waals surface area (Å²) in [7, 11) is 1.44. The van der Waals surface area contributed by atoms with Crippen LogP contribution in [0.5, 0.6) is 0 Å². The van der Waals surface area contributed by atoms with E-state index in [2.05, 4.69) is 0 Å². The van der Waals surface area contributed by atoms with Crippen molar-refractivity contribution in [1.29, 1.82) is 0 Å². The molecule has 2 amide bonds. The molecule has 6 nitrogen and oxygen atoms in total. The molecule has 1 aliphatic heterocycles. The molecule has 1 aromatic rings. The second-order valence-electron chi connectivity index (χ2n) is 5.76. The molecular formula is C16H18ClFN2O4. The number of aliphatic carboxylic acids is 1. The van der Waals surface area contributed by atoms with Gasteiger partial charge in [-0.15, -0.1) is 0 Å². The van der Waals surface area contributed by atoms with E-state index in [9.17, 15) is 18.8 Å². The average Bonchev–Trinajstić information content (AvgIpc) is 2.56. The fraction of sp³-hybridized carbons (Fsp3) is 0.438. The summed E-state index contributed by atoms with van der Waals surface area (Å²) in [6.07, 6.45) is 0.795. The normalized spacial score (nSPS) is 15.2. The van der Waals surface area contributed by atoms with Gasteiger partial charge in [-0.1, -0.05) is 17.7 Å². The highest BCUT2D eigenvalue weighted by atomic mass is 35.5. The maximum absolute atomic E-state index is 13.4. The van der Waals surface area contributed by atoms with Crippen LogP contribution in [0.3, 0.4) is 0 Å². The summed E-state index contributed by atoms with van der Waals surface area (Å²) >= 11 is 5.79. The fourth-order valence-corrected chi connectivity index (χ4v) is 2.83. The Kier molecular flexibility index (Phi) is 5.77. The third-order valence-electron chi connectivity index (χ3n) is 4.10. The zero-order valence-electron chi connectivity index (χ0n) is 13.2. The van der Waals surface area contributed by atoms with E-state index < -0.39 is 23.6 Å². The van der Waals surface area contributed by atoms with Crippen molar-refractivity contribution >= 4 is 29.4 Å². The third-order valence-corrected chi connectivity index (χ3v) is 4.48. The molecule has 0 aliphatic carbocycles. The van der Waals surface area contributed by atoms with Crippen molar-refractivity contribution in [2.24, 2.45) is 5.92 Å². The molecule has 2 rings (SSSR count). The van der Waals surface area contributed by atoms with Crippen LogP contribution in [0.1, 0.15) is 23.2 Å². The van der Waals surface area contributed by atoms with Crippen LogP contribution in [-0.2, 0) is 9.59 Å². The number of likely N-dealkylation sites (N-methyl/N-ethyl adjacent to an activating group) is 1. The molecule has 130 valence electrons. The molecule has 1 heterocycles. The standard InChI is InChI=1S/C16H18ClFN2O4/c1-19(15(22)11-3-2-4-12(18)14(11)17)9-13(21)20-7-5-10(6-8-20)16(23)24/h2-4,10H,5-9H2,1H3,(H,23,24). The number of carboxylic acids is 1. The smallest absolute Gasteiger partial charge is 0.306 e. The first kappa shape index (κ1) is 18.2. The number of benzene rings is 1. The minimum absolute atomic E-state index is 0.00319. The van der Waals surface area contributed by atoms with Gasteiger partial charge in [-0.25, -0.2) is 4.39 Å². The third kappa shape index (κ3) is 4.03. The fourth-order valence-electron chi connectivity index (χ4n) is 2.63. The van der Waals surface area contributed by atoms with Crippen molar-refractivity contribution in [3.8, 4) is 0 Å². The quantitative estimate of drug-likeness (QED) is 0.893. The molecule has 1 saturated heterocycles. The first-order chi connectivity index (χ1) is 11.3. The summed E-state index contributed by atoms with van der Waals surface area (Å²) in [5.74, 6) is -2.80. The Morgan fingerprint density at radius 2 is 1.96 bits per heavy atom. The molecule has 1 fully saturated rings. The van der Waals surface area contributed by atoms with Crippen LogP contribution < -0.4 is 0 Å². The van der Waals surface area contributed by atoms with E-state index in [0.29, 0.717) is 25.9 Å². The van der Waals surface area contributed by atoms with Gasteiger partial charge >= 0.3 is 5.97 Å². The lowest BCUT2D eigenvalue weighted by Gasteiger charge is -2.31. The summed E-state index contributed by atoms with van der Waals surface area (Å²) in [6, 6.07) is 3.92. The molecule has 0 bridgehead atoms. The van der Waals surface area contributed by atoms with E-state index >= 15 is 0 Å². The lowest BCUT2D eigenvalue weighted by atomic mass is 9.97. The molecule has 0 saturated carbocycles. The number of likely N-dealkylation sites (tertiary alicyclic amines) is 1. The average molecular weight is 357 g/mol. The maximum Gasteiger partial charge on any atom is 0.306 e. The van der Waals surface area contributed by atoms with E-state index in [-0.39, 0.29) is 23.0 Å². The predicted molar refractivity (Wildman–Crippen MR) is 85.3 cm³/mol. The number of rotatable bonds is 4. The van der Waals surface area contributed by atoms with Crippen LogP contribution >= 0.6 is 11.6 Å². The molecule has 1 N–H and O–H groups in total. The van der Waals surface area contributed by atoms with E-state index in [4.69, 9.17) is 16.7 Å². The van der Waals surface area contributed by atoms with Gasteiger partial charge in [0.15, 0.2) is 0 Å². The van der Waals surface area contributed by atoms with Gasteiger partial charge in [0.05, 0.1) is 23.0 Å². The number of halogens is 2. The van der Waals surface area contributed by atoms with Crippen molar-refractivity contribution in [3.63, 3.8) is 0 Å². The van der Waals surface area contributed by atoms with Crippen molar-refractivity contribution in [2.75, 3.05) is 26.7 Å². The molecule has 24 heavy (non-hydrogen) atoms. The Morgan fingerprint density at radius 3 is 2.54 bits per heavy atom. The minimum Gasteiger partial charge on any atom is -0.481 e. The SMILES string of the molecule is CN(CC(=O)N1CCC(C(=O)O)CC1)C(=O)c1cccc(F)c1Cl. The summed E-state index contributed by atoms with van der Waals surface area (Å²) in [5, 5.41) is 8.68. The van der Waals surface area contributed by atoms with Crippen LogP contribution in [0, 0.1) is 11.7 Å². The van der Waals surface area contributed by atoms with E-state index in [1.807, 2.05) is 0 Å². The van der Waals surface area contributed by atoms with Crippen LogP contribution in [0.2, 0.25) is 5.02 Å². The van der Waals surface area contributed by atoms with Gasteiger partial charge < -0.3 is 14.9 Å². The maximum atomic E-state index is 13.4. The first-order valence-corrected chi connectivity index (χ1v) is 7.89. The Morgan fingerprint density at radius 1 is 1.33 bits per heavy atom. The predicted octanol–water partition coefficient (Wildman–Crippen LogP) is 1.87.